The molecule has 2 N–H and O–H groups in total. The molecule has 1 heterocycles. The van der Waals surface area contributed by atoms with E-state index in [-0.39, 0.29) is 12.1 Å². The molecule has 0 saturated carbocycles. The summed E-state index contributed by atoms with van der Waals surface area (Å²) in [5.74, 6) is 0. The second-order valence-corrected chi connectivity index (χ2v) is 6.23. The average Bonchev–Trinajstić information content (AvgIpc) is 3.04. The fourth-order valence-corrected chi connectivity index (χ4v) is 3.25. The van der Waals surface area contributed by atoms with E-state index >= 15 is 0 Å². The van der Waals surface area contributed by atoms with Gasteiger partial charge in [-0.1, -0.05) is 30.3 Å². The largest absolute Gasteiger partial charge is 0.380 e. The lowest BCUT2D eigenvalue weighted by molar-refractivity contribution is 0.149. The molecule has 6 nitrogen and oxygen atoms in total. The van der Waals surface area contributed by atoms with Crippen molar-refractivity contribution < 1.29 is 9.53 Å². The number of carbonyl (C=O) groups excluding carboxylic acids is 1. The topological polar surface area (TPSA) is 68.2 Å². The molecule has 2 amide bonds. The summed E-state index contributed by atoms with van der Waals surface area (Å²) in [6.45, 7) is 4.43. The highest BCUT2D eigenvalue weighted by Crippen LogP contribution is 2.29. The van der Waals surface area contributed by atoms with Crippen molar-refractivity contribution >= 4 is 6.03 Å². The minimum atomic E-state index is -0.145. The summed E-state index contributed by atoms with van der Waals surface area (Å²) in [5, 5.41) is 10.5. The molecule has 1 aromatic carbocycles. The summed E-state index contributed by atoms with van der Waals surface area (Å²) in [4.78, 5) is 12.1. The van der Waals surface area contributed by atoms with Crippen LogP contribution in [0, 0.1) is 0 Å². The average molecular weight is 342 g/mol. The van der Waals surface area contributed by atoms with E-state index in [2.05, 4.69) is 32.5 Å². The predicted molar refractivity (Wildman–Crippen MR) is 96.5 cm³/mol. The first-order valence-corrected chi connectivity index (χ1v) is 8.98. The molecule has 1 atom stereocenters. The number of rotatable bonds is 7. The van der Waals surface area contributed by atoms with Crippen LogP contribution in [-0.4, -0.2) is 35.6 Å². The van der Waals surface area contributed by atoms with Crippen LogP contribution in [0.4, 0.5) is 4.79 Å². The number of carbonyl (C=O) groups is 1. The number of benzene rings is 1. The Morgan fingerprint density at radius 2 is 2.20 bits per heavy atom. The fourth-order valence-electron chi connectivity index (χ4n) is 3.25. The number of nitrogens with zero attached hydrogens (tertiary/aromatic N) is 2. The first-order valence-electron chi connectivity index (χ1n) is 8.98. The van der Waals surface area contributed by atoms with Crippen molar-refractivity contribution in [3.8, 4) is 0 Å². The van der Waals surface area contributed by atoms with Gasteiger partial charge in [0.2, 0.25) is 0 Å². The van der Waals surface area contributed by atoms with Gasteiger partial charge in [0.05, 0.1) is 25.4 Å². The van der Waals surface area contributed by atoms with E-state index in [9.17, 15) is 4.79 Å². The van der Waals surface area contributed by atoms with Crippen LogP contribution < -0.4 is 10.6 Å². The number of fused-ring (bicyclic) bond motifs is 1. The van der Waals surface area contributed by atoms with E-state index in [1.165, 1.54) is 11.3 Å². The standard InChI is InChI=1S/C19H26N4O2/c1-2-25-12-11-20-19(24)22-17-9-6-10-18-16(17)13-21-23(18)14-15-7-4-3-5-8-15/h3-5,7-8,13,17H,2,6,9-12,14H2,1H3,(H2,20,22,24)/t17-/m1/s1. The molecule has 0 fully saturated rings. The van der Waals surface area contributed by atoms with E-state index < -0.39 is 0 Å². The highest BCUT2D eigenvalue weighted by molar-refractivity contribution is 5.74. The quantitative estimate of drug-likeness (QED) is 0.760. The van der Waals surface area contributed by atoms with Crippen LogP contribution in [0.3, 0.4) is 0 Å². The molecule has 25 heavy (non-hydrogen) atoms. The van der Waals surface area contributed by atoms with Crippen LogP contribution in [0.2, 0.25) is 0 Å². The van der Waals surface area contributed by atoms with Crippen LogP contribution in [0.15, 0.2) is 36.5 Å². The summed E-state index contributed by atoms with van der Waals surface area (Å²) in [5.41, 5.74) is 3.61. The van der Waals surface area contributed by atoms with Gasteiger partial charge < -0.3 is 15.4 Å². The monoisotopic (exact) mass is 342 g/mol. The molecule has 0 spiro atoms. The molecule has 134 valence electrons. The van der Waals surface area contributed by atoms with Crippen LogP contribution in [-0.2, 0) is 17.7 Å². The summed E-state index contributed by atoms with van der Waals surface area (Å²) < 4.78 is 7.30. The van der Waals surface area contributed by atoms with Gasteiger partial charge in [-0.2, -0.15) is 5.10 Å². The lowest BCUT2D eigenvalue weighted by Gasteiger charge is -2.24. The molecule has 0 bridgehead atoms. The van der Waals surface area contributed by atoms with E-state index in [0.717, 1.165) is 31.4 Å². The van der Waals surface area contributed by atoms with Crippen LogP contribution in [0.1, 0.15) is 42.6 Å². The SMILES string of the molecule is CCOCCNC(=O)N[C@@H]1CCCc2c1cnn2Cc1ccccc1. The number of nitrogens with one attached hydrogen (secondary N) is 2. The highest BCUT2D eigenvalue weighted by atomic mass is 16.5. The minimum absolute atomic E-state index is 0.0281. The van der Waals surface area contributed by atoms with E-state index in [4.69, 9.17) is 4.74 Å². The van der Waals surface area contributed by atoms with Crippen LogP contribution >= 0.6 is 0 Å². The number of ether oxygens (including phenoxy) is 1. The maximum absolute atomic E-state index is 12.1. The van der Waals surface area contributed by atoms with Crippen molar-refractivity contribution in [3.63, 3.8) is 0 Å². The van der Waals surface area contributed by atoms with Gasteiger partial charge in [0.15, 0.2) is 0 Å². The van der Waals surface area contributed by atoms with Crippen molar-refractivity contribution in [2.45, 2.75) is 38.8 Å². The Morgan fingerprint density at radius 3 is 3.00 bits per heavy atom. The molecule has 0 radical (unpaired) electrons. The molecule has 0 aliphatic heterocycles. The van der Waals surface area contributed by atoms with Gasteiger partial charge in [0.1, 0.15) is 0 Å². The van der Waals surface area contributed by atoms with Gasteiger partial charge in [0, 0.05) is 24.4 Å². The number of amides is 2. The Kier molecular flexibility index (Phi) is 6.06. The maximum atomic E-state index is 12.1. The Bertz CT molecular complexity index is 684. The third-order valence-electron chi connectivity index (χ3n) is 4.48. The van der Waals surface area contributed by atoms with Gasteiger partial charge >= 0.3 is 6.03 Å². The van der Waals surface area contributed by atoms with Crippen molar-refractivity contribution in [1.29, 1.82) is 0 Å². The molecule has 6 heteroatoms. The number of aromatic nitrogens is 2. The molecule has 1 aliphatic rings. The number of urea groups is 1. The number of hydrogen-bond acceptors (Lipinski definition) is 3. The summed E-state index contributed by atoms with van der Waals surface area (Å²) >= 11 is 0. The predicted octanol–water partition coefficient (Wildman–Crippen LogP) is 2.64. The molecular formula is C19H26N4O2. The van der Waals surface area contributed by atoms with Crippen molar-refractivity contribution in [1.82, 2.24) is 20.4 Å². The van der Waals surface area contributed by atoms with Gasteiger partial charge in [-0.15, -0.1) is 0 Å². The third kappa shape index (κ3) is 4.60. The van der Waals surface area contributed by atoms with Crippen molar-refractivity contribution in [2.24, 2.45) is 0 Å². The van der Waals surface area contributed by atoms with E-state index in [1.807, 2.05) is 31.3 Å². The molecular weight excluding hydrogens is 316 g/mol. The second kappa shape index (κ2) is 8.67. The molecule has 1 aliphatic carbocycles. The minimum Gasteiger partial charge on any atom is -0.380 e. The van der Waals surface area contributed by atoms with Crippen LogP contribution in [0.5, 0.6) is 0 Å². The Balaban J connectivity index is 1.61. The maximum Gasteiger partial charge on any atom is 0.315 e. The van der Waals surface area contributed by atoms with E-state index in [1.54, 1.807) is 0 Å². The highest BCUT2D eigenvalue weighted by Gasteiger charge is 2.25. The molecule has 3 rings (SSSR count). The van der Waals surface area contributed by atoms with E-state index in [0.29, 0.717) is 19.8 Å². The van der Waals surface area contributed by atoms with Gasteiger partial charge in [0.25, 0.3) is 0 Å². The molecule has 2 aromatic rings. The molecule has 1 aromatic heterocycles. The lowest BCUT2D eigenvalue weighted by atomic mass is 9.93. The number of hydrogen-bond donors (Lipinski definition) is 2. The summed E-state index contributed by atoms with van der Waals surface area (Å²) in [7, 11) is 0. The Morgan fingerprint density at radius 1 is 1.36 bits per heavy atom. The Labute approximate surface area is 148 Å². The van der Waals surface area contributed by atoms with Gasteiger partial charge in [-0.3, -0.25) is 4.68 Å². The summed E-state index contributed by atoms with van der Waals surface area (Å²) in [6, 6.07) is 10.2. The van der Waals surface area contributed by atoms with Crippen LogP contribution in [0.25, 0.3) is 0 Å². The van der Waals surface area contributed by atoms with Crippen molar-refractivity contribution in [2.75, 3.05) is 19.8 Å². The zero-order valence-electron chi connectivity index (χ0n) is 14.7. The van der Waals surface area contributed by atoms with Gasteiger partial charge in [-0.05, 0) is 31.7 Å². The Hall–Kier alpha value is -2.34. The van der Waals surface area contributed by atoms with Crippen molar-refractivity contribution in [3.05, 3.63) is 53.3 Å². The zero-order valence-corrected chi connectivity index (χ0v) is 14.7. The first-order chi connectivity index (χ1) is 12.3. The van der Waals surface area contributed by atoms with Gasteiger partial charge in [-0.25, -0.2) is 4.79 Å². The second-order valence-electron chi connectivity index (χ2n) is 6.23. The fraction of sp³-hybridized carbons (Fsp3) is 0.474. The molecule has 0 saturated heterocycles. The normalized spacial score (nSPS) is 16.3. The lowest BCUT2D eigenvalue weighted by Crippen LogP contribution is -2.40. The summed E-state index contributed by atoms with van der Waals surface area (Å²) in [6.07, 6.45) is 4.91. The first kappa shape index (κ1) is 17.5. The zero-order chi connectivity index (χ0) is 17.5. The molecule has 0 unspecified atom stereocenters. The third-order valence-corrected chi connectivity index (χ3v) is 4.48. The smallest absolute Gasteiger partial charge is 0.315 e.